The van der Waals surface area contributed by atoms with Gasteiger partial charge in [0, 0.05) is 6.42 Å². The molecule has 1 aromatic rings. The van der Waals surface area contributed by atoms with Crippen LogP contribution in [0.2, 0.25) is 0 Å². The van der Waals surface area contributed by atoms with Gasteiger partial charge in [0.25, 0.3) is 0 Å². The third-order valence-electron chi connectivity index (χ3n) is 2.60. The predicted molar refractivity (Wildman–Crippen MR) is 62.4 cm³/mol. The molecule has 3 nitrogen and oxygen atoms in total. The van der Waals surface area contributed by atoms with Gasteiger partial charge in [-0.15, -0.1) is 0 Å². The van der Waals surface area contributed by atoms with Crippen LogP contribution in [0.25, 0.3) is 0 Å². The van der Waals surface area contributed by atoms with Gasteiger partial charge in [-0.25, -0.2) is 4.39 Å². The van der Waals surface area contributed by atoms with Crippen molar-refractivity contribution in [3.63, 3.8) is 0 Å². The van der Waals surface area contributed by atoms with Crippen molar-refractivity contribution in [3.8, 4) is 0 Å². The molecule has 0 aliphatic heterocycles. The van der Waals surface area contributed by atoms with Crippen LogP contribution in [0.5, 0.6) is 0 Å². The predicted octanol–water partition coefficient (Wildman–Crippen LogP) is 2.70. The Morgan fingerprint density at radius 1 is 1.24 bits per heavy atom. The summed E-state index contributed by atoms with van der Waals surface area (Å²) in [5.74, 6) is -0.862. The number of aliphatic hydroxyl groups excluding tert-OH is 1. The lowest BCUT2D eigenvalue weighted by Crippen LogP contribution is -2.14. The van der Waals surface area contributed by atoms with Crippen LogP contribution in [-0.4, -0.2) is 22.3 Å². The normalized spacial score (nSPS) is 14.2. The van der Waals surface area contributed by atoms with Gasteiger partial charge in [0.15, 0.2) is 6.17 Å². The van der Waals surface area contributed by atoms with Gasteiger partial charge < -0.3 is 10.2 Å². The number of aliphatic hydroxyl groups is 1. The van der Waals surface area contributed by atoms with E-state index >= 15 is 0 Å². The number of hydrogen-bond acceptors (Lipinski definition) is 2. The van der Waals surface area contributed by atoms with Gasteiger partial charge in [0.2, 0.25) is 0 Å². The first-order valence-corrected chi connectivity index (χ1v) is 5.70. The Morgan fingerprint density at radius 3 is 2.47 bits per heavy atom. The van der Waals surface area contributed by atoms with Crippen molar-refractivity contribution in [2.45, 2.75) is 38.0 Å². The molecule has 1 rings (SSSR count). The molecule has 4 heteroatoms. The fourth-order valence-corrected chi connectivity index (χ4v) is 1.64. The molecule has 0 spiro atoms. The third kappa shape index (κ3) is 4.95. The number of aliphatic carboxylic acids is 1. The number of carboxylic acid groups (broad SMARTS) is 1. The molecule has 0 amide bonds. The zero-order chi connectivity index (χ0) is 12.7. The van der Waals surface area contributed by atoms with Crippen molar-refractivity contribution in [3.05, 3.63) is 35.9 Å². The second kappa shape index (κ2) is 7.01. The van der Waals surface area contributed by atoms with Crippen LogP contribution in [-0.2, 0) is 4.79 Å². The molecule has 2 N–H and O–H groups in total. The number of carboxylic acids is 1. The maximum atomic E-state index is 13.7. The molecule has 0 bridgehead atoms. The van der Waals surface area contributed by atoms with Crippen molar-refractivity contribution in [1.29, 1.82) is 0 Å². The fourth-order valence-electron chi connectivity index (χ4n) is 1.64. The quantitative estimate of drug-likeness (QED) is 0.720. The van der Waals surface area contributed by atoms with Crippen LogP contribution in [0, 0.1) is 0 Å². The van der Waals surface area contributed by atoms with Gasteiger partial charge in [-0.3, -0.25) is 4.79 Å². The molecular formula is C13H17FO3. The van der Waals surface area contributed by atoms with Gasteiger partial charge in [0.05, 0.1) is 6.10 Å². The molecule has 0 radical (unpaired) electrons. The van der Waals surface area contributed by atoms with Crippen LogP contribution < -0.4 is 0 Å². The Kier molecular flexibility index (Phi) is 5.63. The van der Waals surface area contributed by atoms with Gasteiger partial charge in [-0.2, -0.15) is 0 Å². The van der Waals surface area contributed by atoms with Crippen LogP contribution >= 0.6 is 0 Å². The number of carbonyl (C=O) groups is 1. The minimum atomic E-state index is -1.40. The summed E-state index contributed by atoms with van der Waals surface area (Å²) in [5, 5.41) is 18.0. The highest BCUT2D eigenvalue weighted by molar-refractivity contribution is 5.66. The van der Waals surface area contributed by atoms with Crippen molar-refractivity contribution >= 4 is 5.97 Å². The molecule has 2 unspecified atom stereocenters. The Hall–Kier alpha value is -1.42. The molecule has 0 saturated carbocycles. The highest BCUT2D eigenvalue weighted by Crippen LogP contribution is 2.24. The van der Waals surface area contributed by atoms with E-state index in [4.69, 9.17) is 5.11 Å². The number of halogens is 1. The first-order chi connectivity index (χ1) is 8.11. The van der Waals surface area contributed by atoms with E-state index in [0.717, 1.165) is 0 Å². The second-order valence-corrected chi connectivity index (χ2v) is 4.02. The van der Waals surface area contributed by atoms with Crippen molar-refractivity contribution in [2.75, 3.05) is 0 Å². The molecule has 0 aliphatic carbocycles. The van der Waals surface area contributed by atoms with Crippen LogP contribution in [0.1, 0.15) is 37.4 Å². The summed E-state index contributed by atoms with van der Waals surface area (Å²) in [5.41, 5.74) is 0.457. The monoisotopic (exact) mass is 240 g/mol. The highest BCUT2D eigenvalue weighted by atomic mass is 19.1. The number of rotatable bonds is 7. The summed E-state index contributed by atoms with van der Waals surface area (Å²) < 4.78 is 13.7. The van der Waals surface area contributed by atoms with E-state index in [9.17, 15) is 14.3 Å². The summed E-state index contributed by atoms with van der Waals surface area (Å²) in [6.07, 6.45) is -1.14. The van der Waals surface area contributed by atoms with Crippen molar-refractivity contribution in [2.24, 2.45) is 0 Å². The Balaban J connectivity index is 2.32. The standard InChI is InChI=1S/C13H17FO3/c14-13(10-6-2-1-3-7-10)11(15)8-4-5-9-12(16)17/h1-3,6-7,11,13,15H,4-5,8-9H2,(H,16,17). The number of hydrogen-bond donors (Lipinski definition) is 2. The van der Waals surface area contributed by atoms with Crippen LogP contribution in [0.3, 0.4) is 0 Å². The van der Waals surface area contributed by atoms with E-state index in [1.807, 2.05) is 0 Å². The Morgan fingerprint density at radius 2 is 1.88 bits per heavy atom. The first kappa shape index (κ1) is 13.6. The lowest BCUT2D eigenvalue weighted by atomic mass is 10.0. The van der Waals surface area contributed by atoms with E-state index in [2.05, 4.69) is 0 Å². The van der Waals surface area contributed by atoms with E-state index in [0.29, 0.717) is 18.4 Å². The summed E-state index contributed by atoms with van der Waals surface area (Å²) >= 11 is 0. The van der Waals surface area contributed by atoms with E-state index in [1.54, 1.807) is 30.3 Å². The Bertz CT molecular complexity index is 340. The summed E-state index contributed by atoms with van der Waals surface area (Å²) in [6.45, 7) is 0. The molecule has 0 aromatic heterocycles. The molecule has 2 atom stereocenters. The van der Waals surface area contributed by atoms with Gasteiger partial charge in [0.1, 0.15) is 0 Å². The lowest BCUT2D eigenvalue weighted by molar-refractivity contribution is -0.137. The number of benzene rings is 1. The largest absolute Gasteiger partial charge is 0.481 e. The van der Waals surface area contributed by atoms with Gasteiger partial charge in [-0.05, 0) is 18.4 Å². The molecule has 94 valence electrons. The van der Waals surface area contributed by atoms with E-state index in [-0.39, 0.29) is 12.8 Å². The molecule has 17 heavy (non-hydrogen) atoms. The summed E-state index contributed by atoms with van der Waals surface area (Å²) in [7, 11) is 0. The molecular weight excluding hydrogens is 223 g/mol. The van der Waals surface area contributed by atoms with Crippen LogP contribution in [0.15, 0.2) is 30.3 Å². The minimum Gasteiger partial charge on any atom is -0.481 e. The van der Waals surface area contributed by atoms with Crippen LogP contribution in [0.4, 0.5) is 4.39 Å². The lowest BCUT2D eigenvalue weighted by Gasteiger charge is -2.15. The average molecular weight is 240 g/mol. The summed E-state index contributed by atoms with van der Waals surface area (Å²) in [4.78, 5) is 10.3. The second-order valence-electron chi connectivity index (χ2n) is 4.02. The average Bonchev–Trinajstić information content (AvgIpc) is 2.34. The van der Waals surface area contributed by atoms with Crippen molar-refractivity contribution < 1.29 is 19.4 Å². The fraction of sp³-hybridized carbons (Fsp3) is 0.462. The maximum Gasteiger partial charge on any atom is 0.303 e. The molecule has 0 heterocycles. The Labute approximate surface area is 99.9 Å². The van der Waals surface area contributed by atoms with Crippen molar-refractivity contribution in [1.82, 2.24) is 0 Å². The molecule has 1 aromatic carbocycles. The zero-order valence-electron chi connectivity index (χ0n) is 9.55. The minimum absolute atomic E-state index is 0.0645. The van der Waals surface area contributed by atoms with E-state index in [1.165, 1.54) is 0 Å². The molecule has 0 fully saturated rings. The third-order valence-corrected chi connectivity index (χ3v) is 2.60. The van der Waals surface area contributed by atoms with E-state index < -0.39 is 18.2 Å². The maximum absolute atomic E-state index is 13.7. The number of unbranched alkanes of at least 4 members (excludes halogenated alkanes) is 1. The molecule has 0 saturated heterocycles. The number of alkyl halides is 1. The summed E-state index contributed by atoms with van der Waals surface area (Å²) in [6, 6.07) is 8.49. The first-order valence-electron chi connectivity index (χ1n) is 5.70. The molecule has 0 aliphatic rings. The highest BCUT2D eigenvalue weighted by Gasteiger charge is 2.19. The van der Waals surface area contributed by atoms with Gasteiger partial charge in [-0.1, -0.05) is 36.8 Å². The topological polar surface area (TPSA) is 57.5 Å². The SMILES string of the molecule is O=C(O)CCCCC(O)C(F)c1ccccc1. The zero-order valence-corrected chi connectivity index (χ0v) is 9.55. The van der Waals surface area contributed by atoms with Gasteiger partial charge >= 0.3 is 5.97 Å². The smallest absolute Gasteiger partial charge is 0.303 e.